The van der Waals surface area contributed by atoms with E-state index in [4.69, 9.17) is 0 Å². The molecule has 0 spiro atoms. The van der Waals surface area contributed by atoms with Crippen LogP contribution in [-0.2, 0) is 6.42 Å². The summed E-state index contributed by atoms with van der Waals surface area (Å²) in [4.78, 5) is 0. The number of likely N-dealkylation sites (N-methyl/N-ethyl adjacent to an activating group) is 1. The summed E-state index contributed by atoms with van der Waals surface area (Å²) >= 11 is 0. The van der Waals surface area contributed by atoms with Gasteiger partial charge in [0.15, 0.2) is 0 Å². The molecule has 1 aromatic rings. The lowest BCUT2D eigenvalue weighted by molar-refractivity contribution is 0.592. The van der Waals surface area contributed by atoms with E-state index in [1.165, 1.54) is 29.7 Å². The van der Waals surface area contributed by atoms with Gasteiger partial charge in [-0.2, -0.15) is 0 Å². The second-order valence-corrected chi connectivity index (χ2v) is 4.10. The topological polar surface area (TPSA) is 24.1 Å². The van der Waals surface area contributed by atoms with Gasteiger partial charge in [-0.3, -0.25) is 0 Å². The van der Waals surface area contributed by atoms with E-state index < -0.39 is 0 Å². The molecular formula is C12H18N2. The highest BCUT2D eigenvalue weighted by Gasteiger charge is 2.16. The molecule has 0 saturated carbocycles. The number of benzene rings is 1. The molecule has 2 heteroatoms. The van der Waals surface area contributed by atoms with Gasteiger partial charge in [0.2, 0.25) is 0 Å². The Morgan fingerprint density at radius 2 is 2.36 bits per heavy atom. The summed E-state index contributed by atoms with van der Waals surface area (Å²) in [5.74, 6) is 0. The van der Waals surface area contributed by atoms with Crippen LogP contribution in [0.2, 0.25) is 0 Å². The molecule has 1 aromatic carbocycles. The highest BCUT2D eigenvalue weighted by Crippen LogP contribution is 2.25. The van der Waals surface area contributed by atoms with E-state index in [-0.39, 0.29) is 0 Å². The van der Waals surface area contributed by atoms with Gasteiger partial charge in [-0.05, 0) is 38.4 Å². The average molecular weight is 190 g/mol. The van der Waals surface area contributed by atoms with E-state index in [1.807, 2.05) is 7.05 Å². The minimum atomic E-state index is 0.593. The zero-order valence-electron chi connectivity index (χ0n) is 8.93. The Balaban J connectivity index is 2.15. The molecule has 1 aliphatic rings. The molecule has 0 aliphatic carbocycles. The molecule has 0 radical (unpaired) electrons. The molecule has 0 aromatic heterocycles. The number of hydrogen-bond donors (Lipinski definition) is 2. The van der Waals surface area contributed by atoms with Crippen molar-refractivity contribution in [3.8, 4) is 0 Å². The maximum atomic E-state index is 3.56. The molecule has 1 atom stereocenters. The maximum Gasteiger partial charge on any atom is 0.0389 e. The van der Waals surface area contributed by atoms with Crippen molar-refractivity contribution in [2.24, 2.45) is 0 Å². The summed E-state index contributed by atoms with van der Waals surface area (Å²) in [6, 6.07) is 7.26. The van der Waals surface area contributed by atoms with Gasteiger partial charge in [-0.15, -0.1) is 0 Å². The first kappa shape index (κ1) is 9.53. The van der Waals surface area contributed by atoms with E-state index in [1.54, 1.807) is 0 Å². The summed E-state index contributed by atoms with van der Waals surface area (Å²) in [6.45, 7) is 3.20. The first-order chi connectivity index (χ1) is 6.79. The molecule has 0 amide bonds. The molecule has 1 heterocycles. The van der Waals surface area contributed by atoms with Crippen molar-refractivity contribution in [2.75, 3.05) is 18.9 Å². The fraction of sp³-hybridized carbons (Fsp3) is 0.500. The van der Waals surface area contributed by atoms with Gasteiger partial charge >= 0.3 is 0 Å². The summed E-state index contributed by atoms with van der Waals surface area (Å²) in [5, 5.41) is 6.78. The molecule has 2 rings (SSSR count). The predicted molar refractivity (Wildman–Crippen MR) is 60.8 cm³/mol. The maximum absolute atomic E-state index is 3.56. The minimum absolute atomic E-state index is 0.593. The molecule has 1 unspecified atom stereocenters. The number of aryl methyl sites for hydroxylation is 2. The van der Waals surface area contributed by atoms with Crippen LogP contribution in [0.25, 0.3) is 0 Å². The van der Waals surface area contributed by atoms with Crippen molar-refractivity contribution >= 4 is 5.69 Å². The Bertz CT molecular complexity index is 320. The molecular weight excluding hydrogens is 172 g/mol. The van der Waals surface area contributed by atoms with E-state index in [9.17, 15) is 0 Å². The third-order valence-corrected chi connectivity index (χ3v) is 2.83. The van der Waals surface area contributed by atoms with Crippen LogP contribution in [0.1, 0.15) is 17.5 Å². The van der Waals surface area contributed by atoms with Crippen LogP contribution in [0.15, 0.2) is 18.2 Å². The lowest BCUT2D eigenvalue weighted by Gasteiger charge is -2.27. The monoisotopic (exact) mass is 190 g/mol. The van der Waals surface area contributed by atoms with Crippen LogP contribution >= 0.6 is 0 Å². The van der Waals surface area contributed by atoms with E-state index in [0.717, 1.165) is 6.54 Å². The predicted octanol–water partition coefficient (Wildman–Crippen LogP) is 1.94. The standard InChI is InChI=1S/C12H18N2/c1-9-3-6-12-10(7-9)4-5-11(14-12)8-13-2/h3,6-7,11,13-14H,4-5,8H2,1-2H3. The normalized spacial score (nSPS) is 20.0. The van der Waals surface area contributed by atoms with E-state index >= 15 is 0 Å². The third kappa shape index (κ3) is 1.90. The van der Waals surface area contributed by atoms with E-state index in [0.29, 0.717) is 6.04 Å². The molecule has 0 saturated heterocycles. The van der Waals surface area contributed by atoms with Crippen molar-refractivity contribution < 1.29 is 0 Å². The lowest BCUT2D eigenvalue weighted by atomic mass is 9.96. The van der Waals surface area contributed by atoms with Crippen LogP contribution in [-0.4, -0.2) is 19.6 Å². The van der Waals surface area contributed by atoms with Gasteiger partial charge in [0, 0.05) is 18.3 Å². The van der Waals surface area contributed by atoms with Gasteiger partial charge in [0.05, 0.1) is 0 Å². The van der Waals surface area contributed by atoms with Gasteiger partial charge in [-0.25, -0.2) is 0 Å². The molecule has 2 N–H and O–H groups in total. The van der Waals surface area contributed by atoms with Gasteiger partial charge in [0.1, 0.15) is 0 Å². The smallest absolute Gasteiger partial charge is 0.0389 e. The Labute approximate surface area is 85.7 Å². The zero-order chi connectivity index (χ0) is 9.97. The van der Waals surface area contributed by atoms with Gasteiger partial charge in [-0.1, -0.05) is 17.7 Å². The minimum Gasteiger partial charge on any atom is -0.381 e. The summed E-state index contributed by atoms with van der Waals surface area (Å²) in [7, 11) is 2.01. The molecule has 0 fully saturated rings. The second kappa shape index (κ2) is 4.01. The highest BCUT2D eigenvalue weighted by atomic mass is 15.0. The van der Waals surface area contributed by atoms with Crippen molar-refractivity contribution in [2.45, 2.75) is 25.8 Å². The largest absolute Gasteiger partial charge is 0.381 e. The van der Waals surface area contributed by atoms with Crippen LogP contribution in [0, 0.1) is 6.92 Å². The van der Waals surface area contributed by atoms with Crippen LogP contribution in [0.4, 0.5) is 5.69 Å². The zero-order valence-corrected chi connectivity index (χ0v) is 8.93. The molecule has 1 aliphatic heterocycles. The van der Waals surface area contributed by atoms with Gasteiger partial charge in [0.25, 0.3) is 0 Å². The number of rotatable bonds is 2. The quantitative estimate of drug-likeness (QED) is 0.744. The number of fused-ring (bicyclic) bond motifs is 1. The summed E-state index contributed by atoms with van der Waals surface area (Å²) < 4.78 is 0. The lowest BCUT2D eigenvalue weighted by Crippen LogP contribution is -2.34. The van der Waals surface area contributed by atoms with Crippen molar-refractivity contribution in [3.63, 3.8) is 0 Å². The first-order valence-corrected chi connectivity index (χ1v) is 5.30. The second-order valence-electron chi connectivity index (χ2n) is 4.10. The van der Waals surface area contributed by atoms with Crippen molar-refractivity contribution in [1.82, 2.24) is 5.32 Å². The number of nitrogens with one attached hydrogen (secondary N) is 2. The van der Waals surface area contributed by atoms with E-state index in [2.05, 4.69) is 35.8 Å². The average Bonchev–Trinajstić information content (AvgIpc) is 2.19. The van der Waals surface area contributed by atoms with Crippen molar-refractivity contribution in [3.05, 3.63) is 29.3 Å². The Kier molecular flexibility index (Phi) is 2.73. The van der Waals surface area contributed by atoms with Crippen LogP contribution in [0.3, 0.4) is 0 Å². The Morgan fingerprint density at radius 1 is 1.50 bits per heavy atom. The molecule has 76 valence electrons. The summed E-state index contributed by atoms with van der Waals surface area (Å²) in [6.07, 6.45) is 2.44. The molecule has 2 nitrogen and oxygen atoms in total. The third-order valence-electron chi connectivity index (χ3n) is 2.83. The number of hydrogen-bond acceptors (Lipinski definition) is 2. The fourth-order valence-electron chi connectivity index (χ4n) is 2.09. The Morgan fingerprint density at radius 3 is 3.14 bits per heavy atom. The Hall–Kier alpha value is -1.02. The first-order valence-electron chi connectivity index (χ1n) is 5.30. The summed E-state index contributed by atoms with van der Waals surface area (Å²) in [5.41, 5.74) is 4.15. The fourth-order valence-corrected chi connectivity index (χ4v) is 2.09. The SMILES string of the molecule is CNCC1CCc2cc(C)ccc2N1. The van der Waals surface area contributed by atoms with Gasteiger partial charge < -0.3 is 10.6 Å². The number of anilines is 1. The highest BCUT2D eigenvalue weighted by molar-refractivity contribution is 5.55. The molecule has 0 bridgehead atoms. The molecule has 14 heavy (non-hydrogen) atoms. The van der Waals surface area contributed by atoms with Crippen LogP contribution in [0.5, 0.6) is 0 Å². The van der Waals surface area contributed by atoms with Crippen LogP contribution < -0.4 is 10.6 Å². The van der Waals surface area contributed by atoms with Crippen molar-refractivity contribution in [1.29, 1.82) is 0 Å².